The third-order valence-corrected chi connectivity index (χ3v) is 12.5. The highest BCUT2D eigenvalue weighted by atomic mass is 15.4. The van der Waals surface area contributed by atoms with Crippen LogP contribution in [0.3, 0.4) is 0 Å². The summed E-state index contributed by atoms with van der Waals surface area (Å²) in [7, 11) is 2.22. The number of benzene rings is 8. The average Bonchev–Trinajstić information content (AvgIpc) is 3.84. The summed E-state index contributed by atoms with van der Waals surface area (Å²) in [6.07, 6.45) is 0. The highest BCUT2D eigenvalue weighted by Gasteiger charge is 2.45. The normalized spacial score (nSPS) is 14.2. The molecule has 0 radical (unpaired) electrons. The van der Waals surface area contributed by atoms with Crippen molar-refractivity contribution in [2.75, 3.05) is 7.05 Å². The maximum atomic E-state index is 5.35. The third kappa shape index (κ3) is 6.07. The first-order chi connectivity index (χ1) is 31.1. The van der Waals surface area contributed by atoms with Gasteiger partial charge in [-0.3, -0.25) is 4.57 Å². The number of para-hydroxylation sites is 2. The van der Waals surface area contributed by atoms with Gasteiger partial charge in [0.1, 0.15) is 0 Å². The molecule has 0 saturated carbocycles. The molecule has 0 aliphatic carbocycles. The van der Waals surface area contributed by atoms with Crippen LogP contribution in [0.2, 0.25) is 0 Å². The first-order valence-corrected chi connectivity index (χ1v) is 21.3. The Hall–Kier alpha value is -8.32. The molecule has 11 aromatic rings. The highest BCUT2D eigenvalue weighted by molar-refractivity contribution is 6.10. The quantitative estimate of drug-likeness (QED) is 0.151. The van der Waals surface area contributed by atoms with Crippen molar-refractivity contribution < 1.29 is 0 Å². The number of aromatic nitrogens is 5. The van der Waals surface area contributed by atoms with Crippen LogP contribution in [0.15, 0.2) is 218 Å². The van der Waals surface area contributed by atoms with Crippen molar-refractivity contribution >= 4 is 39.1 Å². The van der Waals surface area contributed by atoms with Gasteiger partial charge >= 0.3 is 5.95 Å². The molecule has 1 aliphatic rings. The van der Waals surface area contributed by atoms with Crippen LogP contribution in [0.1, 0.15) is 0 Å². The standard InChI is InChI=1S/C57H39N6/c1-63(57-60-50(40-22-10-4-11-23-40)37-51(61-57)41-24-12-5-13-25-41)54-29-17-15-27-45(54)47-35-43(31-33-55(47)63)42-30-32-53-46(34-42)44-26-14-16-28-52(44)62(53)56-58-48(38-18-6-2-7-19-38)36-49(59-56)39-20-8-3-9-21-39/h2-37H,1H3/q+1. The van der Waals surface area contributed by atoms with Gasteiger partial charge in [0, 0.05) is 50.7 Å². The van der Waals surface area contributed by atoms with Gasteiger partial charge in [-0.2, -0.15) is 14.5 Å². The lowest BCUT2D eigenvalue weighted by Gasteiger charge is -2.28. The van der Waals surface area contributed by atoms with Gasteiger partial charge in [0.05, 0.1) is 46.4 Å². The minimum absolute atomic E-state index is 0.339. The molecule has 0 saturated heterocycles. The van der Waals surface area contributed by atoms with Gasteiger partial charge < -0.3 is 0 Å². The maximum absolute atomic E-state index is 5.35. The number of nitrogens with zero attached hydrogens (tertiary/aromatic N) is 6. The third-order valence-electron chi connectivity index (χ3n) is 12.5. The fourth-order valence-electron chi connectivity index (χ4n) is 9.32. The summed E-state index contributed by atoms with van der Waals surface area (Å²) in [5.41, 5.74) is 16.7. The van der Waals surface area contributed by atoms with Gasteiger partial charge in [-0.25, -0.2) is 9.97 Å². The molecule has 0 N–H and O–H groups in total. The van der Waals surface area contributed by atoms with Gasteiger partial charge in [-0.15, -0.1) is 0 Å². The van der Waals surface area contributed by atoms with Crippen LogP contribution in [-0.2, 0) is 0 Å². The number of fused-ring (bicyclic) bond motifs is 6. The molecule has 1 atom stereocenters. The molecule has 4 heterocycles. The molecule has 3 aromatic heterocycles. The Morgan fingerprint density at radius 2 is 0.778 bits per heavy atom. The smallest absolute Gasteiger partial charge is 0.278 e. The Morgan fingerprint density at radius 3 is 1.37 bits per heavy atom. The molecule has 0 bridgehead atoms. The number of quaternary nitrogens is 1. The average molecular weight is 808 g/mol. The van der Waals surface area contributed by atoms with Crippen molar-refractivity contribution in [3.63, 3.8) is 0 Å². The van der Waals surface area contributed by atoms with E-state index in [2.05, 4.69) is 206 Å². The van der Waals surface area contributed by atoms with Gasteiger partial charge in [0.2, 0.25) is 5.95 Å². The number of hydrogen-bond donors (Lipinski definition) is 0. The molecule has 63 heavy (non-hydrogen) atoms. The van der Waals surface area contributed by atoms with Crippen LogP contribution in [0, 0.1) is 0 Å². The zero-order valence-electron chi connectivity index (χ0n) is 34.5. The van der Waals surface area contributed by atoms with Crippen LogP contribution in [-0.4, -0.2) is 31.6 Å². The van der Waals surface area contributed by atoms with Gasteiger partial charge in [-0.05, 0) is 59.7 Å². The van der Waals surface area contributed by atoms with E-state index in [1.165, 1.54) is 11.1 Å². The summed E-state index contributed by atoms with van der Waals surface area (Å²) in [5.74, 6) is 1.35. The summed E-state index contributed by atoms with van der Waals surface area (Å²) in [4.78, 5) is 21.2. The van der Waals surface area contributed by atoms with E-state index in [4.69, 9.17) is 19.9 Å². The van der Waals surface area contributed by atoms with E-state index in [1.54, 1.807) is 0 Å². The van der Waals surface area contributed by atoms with Gasteiger partial charge in [0.15, 0.2) is 11.4 Å². The molecule has 296 valence electrons. The molecule has 8 aromatic carbocycles. The molecule has 6 nitrogen and oxygen atoms in total. The van der Waals surface area contributed by atoms with Crippen molar-refractivity contribution in [3.05, 3.63) is 218 Å². The maximum Gasteiger partial charge on any atom is 0.340 e. The highest BCUT2D eigenvalue weighted by Crippen LogP contribution is 2.56. The zero-order chi connectivity index (χ0) is 41.9. The van der Waals surface area contributed by atoms with Gasteiger partial charge in [-0.1, -0.05) is 158 Å². The molecule has 0 spiro atoms. The minimum Gasteiger partial charge on any atom is -0.278 e. The second-order valence-corrected chi connectivity index (χ2v) is 16.2. The fourth-order valence-corrected chi connectivity index (χ4v) is 9.32. The van der Waals surface area contributed by atoms with Crippen LogP contribution in [0.5, 0.6) is 0 Å². The lowest BCUT2D eigenvalue weighted by atomic mass is 9.98. The molecule has 0 fully saturated rings. The summed E-state index contributed by atoms with van der Waals surface area (Å²) in [6, 6.07) is 76.6. The van der Waals surface area contributed by atoms with E-state index in [0.29, 0.717) is 10.4 Å². The molecule has 6 heteroatoms. The predicted octanol–water partition coefficient (Wildman–Crippen LogP) is 14.3. The first kappa shape index (κ1) is 36.5. The van der Waals surface area contributed by atoms with E-state index in [1.807, 2.05) is 24.3 Å². The lowest BCUT2D eigenvalue weighted by molar-refractivity contribution is 0.603. The Bertz CT molecular complexity index is 3400. The Morgan fingerprint density at radius 1 is 0.333 bits per heavy atom. The summed E-state index contributed by atoms with van der Waals surface area (Å²) < 4.78 is 2.55. The van der Waals surface area contributed by atoms with Gasteiger partial charge in [0.25, 0.3) is 0 Å². The Balaban J connectivity index is 1.01. The number of rotatable bonds is 7. The van der Waals surface area contributed by atoms with E-state index in [-0.39, 0.29) is 0 Å². The molecular formula is C57H39N6+. The summed E-state index contributed by atoms with van der Waals surface area (Å²) >= 11 is 0. The molecular weight excluding hydrogens is 769 g/mol. The molecule has 12 rings (SSSR count). The topological polar surface area (TPSA) is 56.5 Å². The SMILES string of the molecule is C[N+]1(c2nc(-c3ccccc3)cc(-c3ccccc3)n2)c2ccccc2-c2cc(-c3ccc4c(c3)c3ccccc3n4-c3nc(-c4ccccc4)cc(-c4ccccc4)n3)ccc21. The van der Waals surface area contributed by atoms with Crippen LogP contribution >= 0.6 is 0 Å². The Labute approximate surface area is 365 Å². The van der Waals surface area contributed by atoms with Crippen molar-refractivity contribution in [2.24, 2.45) is 0 Å². The van der Waals surface area contributed by atoms with E-state index < -0.39 is 0 Å². The fraction of sp³-hybridized carbons (Fsp3) is 0.0175. The molecule has 1 aliphatic heterocycles. The second kappa shape index (κ2) is 14.7. The minimum atomic E-state index is 0.339. The van der Waals surface area contributed by atoms with Crippen molar-refractivity contribution in [3.8, 4) is 73.2 Å². The Kier molecular flexibility index (Phi) is 8.52. The van der Waals surface area contributed by atoms with Crippen molar-refractivity contribution in [1.29, 1.82) is 0 Å². The van der Waals surface area contributed by atoms with Crippen molar-refractivity contribution in [2.45, 2.75) is 0 Å². The van der Waals surface area contributed by atoms with Crippen LogP contribution in [0.4, 0.5) is 17.3 Å². The predicted molar refractivity (Wildman–Crippen MR) is 258 cm³/mol. The lowest BCUT2D eigenvalue weighted by Crippen LogP contribution is -2.33. The van der Waals surface area contributed by atoms with E-state index in [0.717, 1.165) is 95.3 Å². The molecule has 0 amide bonds. The van der Waals surface area contributed by atoms with Crippen LogP contribution < -0.4 is 4.48 Å². The van der Waals surface area contributed by atoms with Crippen molar-refractivity contribution in [1.82, 2.24) is 29.0 Å². The zero-order valence-corrected chi connectivity index (χ0v) is 34.5. The first-order valence-electron chi connectivity index (χ1n) is 21.3. The van der Waals surface area contributed by atoms with Crippen LogP contribution in [0.25, 0.3) is 95.0 Å². The van der Waals surface area contributed by atoms with E-state index >= 15 is 0 Å². The molecule has 1 unspecified atom stereocenters. The second-order valence-electron chi connectivity index (χ2n) is 16.2. The largest absolute Gasteiger partial charge is 0.340 e. The number of hydrogen-bond acceptors (Lipinski definition) is 4. The van der Waals surface area contributed by atoms with E-state index in [9.17, 15) is 0 Å². The monoisotopic (exact) mass is 807 g/mol. The summed E-state index contributed by atoms with van der Waals surface area (Å²) in [5, 5.41) is 2.28. The summed E-state index contributed by atoms with van der Waals surface area (Å²) in [6.45, 7) is 0.